The predicted octanol–water partition coefficient (Wildman–Crippen LogP) is 3.71. The molecule has 0 bridgehead atoms. The molecular weight excluding hydrogens is 238 g/mol. The minimum Gasteiger partial charge on any atom is -0.496 e. The third-order valence-corrected chi connectivity index (χ3v) is 3.92. The van der Waals surface area contributed by atoms with Crippen LogP contribution >= 0.6 is 0 Å². The third kappa shape index (κ3) is 2.43. The van der Waals surface area contributed by atoms with E-state index in [2.05, 4.69) is 37.9 Å². The first-order valence-electron chi connectivity index (χ1n) is 6.88. The molecule has 0 spiro atoms. The summed E-state index contributed by atoms with van der Waals surface area (Å²) < 4.78 is 5.57. The highest BCUT2D eigenvalue weighted by atomic mass is 16.5. The third-order valence-electron chi connectivity index (χ3n) is 3.92. The second-order valence-corrected chi connectivity index (χ2v) is 5.50. The molecule has 3 nitrogen and oxygen atoms in total. The number of aryl methyl sites for hydroxylation is 1. The molecule has 1 aliphatic carbocycles. The lowest BCUT2D eigenvalue weighted by Gasteiger charge is -2.19. The van der Waals surface area contributed by atoms with Crippen LogP contribution in [0.3, 0.4) is 0 Å². The van der Waals surface area contributed by atoms with Crippen LogP contribution in [0.2, 0.25) is 0 Å². The normalized spacial score (nSPS) is 16.1. The van der Waals surface area contributed by atoms with Crippen LogP contribution in [0.4, 0.5) is 0 Å². The van der Waals surface area contributed by atoms with E-state index in [0.717, 1.165) is 30.6 Å². The topological polar surface area (TPSA) is 38.7 Å². The van der Waals surface area contributed by atoms with Crippen LogP contribution < -0.4 is 4.74 Å². The molecule has 19 heavy (non-hydrogen) atoms. The average molecular weight is 259 g/mol. The van der Waals surface area contributed by atoms with Crippen molar-refractivity contribution in [1.29, 1.82) is 0 Å². The van der Waals surface area contributed by atoms with Gasteiger partial charge in [-0.1, -0.05) is 20.8 Å². The minimum atomic E-state index is -0.304. The first-order valence-corrected chi connectivity index (χ1v) is 6.88. The van der Waals surface area contributed by atoms with E-state index in [9.17, 15) is 4.79 Å². The quantitative estimate of drug-likeness (QED) is 0.597. The number of ether oxygens (including phenoxy) is 1. The fourth-order valence-electron chi connectivity index (χ4n) is 2.59. The van der Waals surface area contributed by atoms with E-state index in [-0.39, 0.29) is 5.54 Å². The predicted molar refractivity (Wildman–Crippen MR) is 75.5 cm³/mol. The van der Waals surface area contributed by atoms with Crippen molar-refractivity contribution in [1.82, 2.24) is 0 Å². The number of aliphatic imine (C=N–C) groups is 1. The van der Waals surface area contributed by atoms with E-state index in [1.807, 2.05) is 0 Å². The van der Waals surface area contributed by atoms with Crippen molar-refractivity contribution in [2.75, 3.05) is 7.11 Å². The Balaban J connectivity index is 2.58. The van der Waals surface area contributed by atoms with Crippen molar-refractivity contribution >= 4 is 6.08 Å². The SMILES string of the molecule is CCc1cc(C2(N=C=O)CC2)cc(C(C)C)c1OC. The van der Waals surface area contributed by atoms with Crippen LogP contribution in [0, 0.1) is 0 Å². The van der Waals surface area contributed by atoms with Crippen LogP contribution in [0.25, 0.3) is 0 Å². The van der Waals surface area contributed by atoms with Crippen molar-refractivity contribution < 1.29 is 9.53 Å². The highest BCUT2D eigenvalue weighted by Crippen LogP contribution is 2.51. The smallest absolute Gasteiger partial charge is 0.235 e. The van der Waals surface area contributed by atoms with E-state index in [1.165, 1.54) is 11.1 Å². The summed E-state index contributed by atoms with van der Waals surface area (Å²) in [7, 11) is 1.72. The Morgan fingerprint density at radius 2 is 2.11 bits per heavy atom. The monoisotopic (exact) mass is 259 g/mol. The molecule has 0 atom stereocenters. The minimum absolute atomic E-state index is 0.304. The average Bonchev–Trinajstić information content (AvgIpc) is 3.18. The van der Waals surface area contributed by atoms with Gasteiger partial charge in [-0.05, 0) is 54.0 Å². The molecule has 0 aliphatic heterocycles. The Bertz CT molecular complexity index is 524. The molecule has 3 heteroatoms. The van der Waals surface area contributed by atoms with E-state index < -0.39 is 0 Å². The van der Waals surface area contributed by atoms with Gasteiger partial charge in [-0.15, -0.1) is 0 Å². The Morgan fingerprint density at radius 3 is 2.53 bits per heavy atom. The first kappa shape index (κ1) is 13.8. The van der Waals surface area contributed by atoms with E-state index >= 15 is 0 Å². The number of hydrogen-bond acceptors (Lipinski definition) is 3. The Kier molecular flexibility index (Phi) is 3.77. The van der Waals surface area contributed by atoms with Gasteiger partial charge in [0, 0.05) is 0 Å². The maximum Gasteiger partial charge on any atom is 0.235 e. The van der Waals surface area contributed by atoms with Gasteiger partial charge in [-0.2, -0.15) is 4.99 Å². The van der Waals surface area contributed by atoms with Gasteiger partial charge in [0.1, 0.15) is 5.75 Å². The van der Waals surface area contributed by atoms with E-state index in [1.54, 1.807) is 13.2 Å². The molecule has 0 unspecified atom stereocenters. The molecule has 0 heterocycles. The number of isocyanates is 1. The second-order valence-electron chi connectivity index (χ2n) is 5.50. The molecule has 1 aromatic rings. The summed E-state index contributed by atoms with van der Waals surface area (Å²) in [5.41, 5.74) is 3.22. The molecule has 0 N–H and O–H groups in total. The summed E-state index contributed by atoms with van der Waals surface area (Å²) in [6.07, 6.45) is 4.52. The van der Waals surface area contributed by atoms with Crippen molar-refractivity contribution in [2.45, 2.75) is 51.5 Å². The van der Waals surface area contributed by atoms with Crippen LogP contribution in [-0.2, 0) is 16.8 Å². The molecule has 1 aliphatic rings. The lowest BCUT2D eigenvalue weighted by Crippen LogP contribution is -2.07. The zero-order valence-electron chi connectivity index (χ0n) is 12.1. The Labute approximate surface area is 114 Å². The maximum atomic E-state index is 10.6. The summed E-state index contributed by atoms with van der Waals surface area (Å²) in [5.74, 6) is 1.36. The van der Waals surface area contributed by atoms with Gasteiger partial charge in [0.2, 0.25) is 6.08 Å². The van der Waals surface area contributed by atoms with Crippen LogP contribution in [0.15, 0.2) is 17.1 Å². The number of benzene rings is 1. The maximum absolute atomic E-state index is 10.6. The Hall–Kier alpha value is -1.60. The summed E-state index contributed by atoms with van der Waals surface area (Å²) in [5, 5.41) is 0. The van der Waals surface area contributed by atoms with Crippen molar-refractivity contribution in [3.8, 4) is 5.75 Å². The molecule has 1 fully saturated rings. The molecule has 0 aromatic heterocycles. The largest absolute Gasteiger partial charge is 0.496 e. The Morgan fingerprint density at radius 1 is 1.42 bits per heavy atom. The highest BCUT2D eigenvalue weighted by molar-refractivity contribution is 5.51. The van der Waals surface area contributed by atoms with Gasteiger partial charge in [0.15, 0.2) is 0 Å². The molecule has 0 saturated heterocycles. The zero-order valence-corrected chi connectivity index (χ0v) is 12.1. The number of methoxy groups -OCH3 is 1. The molecule has 1 saturated carbocycles. The van der Waals surface area contributed by atoms with Gasteiger partial charge in [-0.25, -0.2) is 4.79 Å². The molecule has 1 aromatic carbocycles. The fraction of sp³-hybridized carbons (Fsp3) is 0.562. The van der Waals surface area contributed by atoms with Gasteiger partial charge in [0.05, 0.1) is 12.6 Å². The zero-order chi connectivity index (χ0) is 14.0. The number of nitrogens with zero attached hydrogens (tertiary/aromatic N) is 1. The van der Waals surface area contributed by atoms with Crippen LogP contribution in [-0.4, -0.2) is 13.2 Å². The number of rotatable bonds is 5. The van der Waals surface area contributed by atoms with Crippen molar-refractivity contribution in [3.05, 3.63) is 28.8 Å². The van der Waals surface area contributed by atoms with Crippen molar-refractivity contribution in [3.63, 3.8) is 0 Å². The van der Waals surface area contributed by atoms with Crippen molar-refractivity contribution in [2.24, 2.45) is 4.99 Å². The molecular formula is C16H21NO2. The molecule has 0 amide bonds. The standard InChI is InChI=1S/C16H21NO2/c1-5-12-8-13(16(6-7-16)17-10-18)9-14(11(2)3)15(12)19-4/h8-9,11H,5-7H2,1-4H3. The van der Waals surface area contributed by atoms with Crippen LogP contribution in [0.5, 0.6) is 5.75 Å². The summed E-state index contributed by atoms with van der Waals surface area (Å²) >= 11 is 0. The fourth-order valence-corrected chi connectivity index (χ4v) is 2.59. The first-order chi connectivity index (χ1) is 9.07. The van der Waals surface area contributed by atoms with E-state index in [4.69, 9.17) is 4.74 Å². The van der Waals surface area contributed by atoms with E-state index in [0.29, 0.717) is 5.92 Å². The number of carbonyl (C=O) groups excluding carboxylic acids is 1. The summed E-state index contributed by atoms with van der Waals surface area (Å²) in [6.45, 7) is 6.43. The lowest BCUT2D eigenvalue weighted by atomic mass is 9.91. The summed E-state index contributed by atoms with van der Waals surface area (Å²) in [4.78, 5) is 14.6. The second kappa shape index (κ2) is 5.18. The molecule has 2 rings (SSSR count). The van der Waals surface area contributed by atoms with Gasteiger partial charge in [0.25, 0.3) is 0 Å². The van der Waals surface area contributed by atoms with Gasteiger partial charge in [-0.3, -0.25) is 0 Å². The molecule has 0 radical (unpaired) electrons. The van der Waals surface area contributed by atoms with Crippen LogP contribution in [0.1, 0.15) is 56.2 Å². The van der Waals surface area contributed by atoms with Gasteiger partial charge >= 0.3 is 0 Å². The summed E-state index contributed by atoms with van der Waals surface area (Å²) in [6, 6.07) is 4.29. The lowest BCUT2D eigenvalue weighted by molar-refractivity contribution is 0.402. The number of hydrogen-bond donors (Lipinski definition) is 0. The van der Waals surface area contributed by atoms with Gasteiger partial charge < -0.3 is 4.74 Å². The molecule has 102 valence electrons. The highest BCUT2D eigenvalue weighted by Gasteiger charge is 2.45.